The largest absolute Gasteiger partial charge is 0.342 e. The number of carbonyl (C=O) groups is 3. The Hall–Kier alpha value is -1.96. The molecule has 1 unspecified atom stereocenters. The molecule has 0 aromatic carbocycles. The summed E-state index contributed by atoms with van der Waals surface area (Å²) in [6.45, 7) is 1.70. The maximum Gasteiger partial charge on any atom is 0.228 e. The van der Waals surface area contributed by atoms with Gasteiger partial charge in [-0.05, 0) is 53.7 Å². The first-order valence-electron chi connectivity index (χ1n) is 10.5. The molecule has 1 aromatic heterocycles. The summed E-state index contributed by atoms with van der Waals surface area (Å²) >= 11 is 3.33. The first kappa shape index (κ1) is 20.3. The van der Waals surface area contributed by atoms with Crippen molar-refractivity contribution in [3.63, 3.8) is 0 Å². The van der Waals surface area contributed by atoms with Crippen LogP contribution in [-0.4, -0.2) is 58.2 Å². The molecule has 3 fully saturated rings. The molecule has 156 valence electrons. The second-order valence-electron chi connectivity index (χ2n) is 8.34. The number of pyridine rings is 1. The van der Waals surface area contributed by atoms with Gasteiger partial charge in [-0.1, -0.05) is 12.8 Å². The van der Waals surface area contributed by atoms with Gasteiger partial charge in [0.1, 0.15) is 5.82 Å². The van der Waals surface area contributed by atoms with Crippen molar-refractivity contribution in [2.75, 3.05) is 25.0 Å². The lowest BCUT2D eigenvalue weighted by Gasteiger charge is -2.33. The fourth-order valence-corrected chi connectivity index (χ4v) is 5.00. The average Bonchev–Trinajstić information content (AvgIpc) is 3.39. The highest BCUT2D eigenvalue weighted by Gasteiger charge is 2.41. The van der Waals surface area contributed by atoms with Gasteiger partial charge < -0.3 is 15.1 Å². The maximum absolute atomic E-state index is 12.9. The van der Waals surface area contributed by atoms with Crippen molar-refractivity contribution in [1.29, 1.82) is 0 Å². The van der Waals surface area contributed by atoms with Gasteiger partial charge in [0.25, 0.3) is 0 Å². The van der Waals surface area contributed by atoms with Crippen molar-refractivity contribution < 1.29 is 14.4 Å². The Balaban J connectivity index is 1.27. The SMILES string of the molecule is O=C(Nc1ccc(Br)cn1)C1CCN(C(=O)C2CC(=O)N(C3CCCC3)C2)CC1. The summed E-state index contributed by atoms with van der Waals surface area (Å²) in [5.74, 6) is 0.354. The fourth-order valence-electron chi connectivity index (χ4n) is 4.76. The second-order valence-corrected chi connectivity index (χ2v) is 9.25. The molecular weight excluding hydrogens is 436 g/mol. The van der Waals surface area contributed by atoms with Gasteiger partial charge >= 0.3 is 0 Å². The molecule has 2 aliphatic heterocycles. The third-order valence-electron chi connectivity index (χ3n) is 6.43. The number of nitrogens with one attached hydrogen (secondary N) is 1. The van der Waals surface area contributed by atoms with Crippen LogP contribution in [0.4, 0.5) is 5.82 Å². The van der Waals surface area contributed by atoms with Gasteiger partial charge in [-0.15, -0.1) is 0 Å². The van der Waals surface area contributed by atoms with Gasteiger partial charge in [0, 0.05) is 48.7 Å². The summed E-state index contributed by atoms with van der Waals surface area (Å²) < 4.78 is 0.860. The van der Waals surface area contributed by atoms with E-state index in [2.05, 4.69) is 26.2 Å². The van der Waals surface area contributed by atoms with Crippen LogP contribution in [0.5, 0.6) is 0 Å². The maximum atomic E-state index is 12.9. The molecule has 7 nitrogen and oxygen atoms in total. The third kappa shape index (κ3) is 4.63. The van der Waals surface area contributed by atoms with Gasteiger partial charge in [-0.25, -0.2) is 4.98 Å². The van der Waals surface area contributed by atoms with Crippen molar-refractivity contribution in [1.82, 2.24) is 14.8 Å². The van der Waals surface area contributed by atoms with E-state index in [-0.39, 0.29) is 29.6 Å². The van der Waals surface area contributed by atoms with Gasteiger partial charge in [0.05, 0.1) is 5.92 Å². The highest BCUT2D eigenvalue weighted by molar-refractivity contribution is 9.10. The summed E-state index contributed by atoms with van der Waals surface area (Å²) in [4.78, 5) is 45.8. The van der Waals surface area contributed by atoms with Crippen LogP contribution in [0, 0.1) is 11.8 Å². The Kier molecular flexibility index (Phi) is 6.18. The van der Waals surface area contributed by atoms with E-state index < -0.39 is 0 Å². The van der Waals surface area contributed by atoms with Crippen LogP contribution in [-0.2, 0) is 14.4 Å². The summed E-state index contributed by atoms with van der Waals surface area (Å²) in [5, 5.41) is 2.86. The number of amides is 3. The van der Waals surface area contributed by atoms with Crippen LogP contribution >= 0.6 is 15.9 Å². The average molecular weight is 463 g/mol. The highest BCUT2D eigenvalue weighted by atomic mass is 79.9. The normalized spacial score (nSPS) is 23.6. The molecule has 1 atom stereocenters. The number of hydrogen-bond acceptors (Lipinski definition) is 4. The highest BCUT2D eigenvalue weighted by Crippen LogP contribution is 2.31. The van der Waals surface area contributed by atoms with Crippen molar-refractivity contribution in [3.8, 4) is 0 Å². The van der Waals surface area contributed by atoms with E-state index in [1.807, 2.05) is 15.9 Å². The van der Waals surface area contributed by atoms with Crippen molar-refractivity contribution >= 4 is 39.5 Å². The molecule has 1 aromatic rings. The molecule has 8 heteroatoms. The molecule has 2 saturated heterocycles. The minimum atomic E-state index is -0.222. The van der Waals surface area contributed by atoms with Crippen LogP contribution in [0.15, 0.2) is 22.8 Å². The molecular formula is C21H27BrN4O3. The zero-order chi connectivity index (χ0) is 20.4. The lowest BCUT2D eigenvalue weighted by atomic mass is 9.94. The molecule has 3 heterocycles. The Labute approximate surface area is 179 Å². The standard InChI is InChI=1S/C21H27BrN4O3/c22-16-5-6-18(23-12-16)24-20(28)14-7-9-25(10-8-14)21(29)15-11-19(27)26(13-15)17-3-1-2-4-17/h5-6,12,14-15,17H,1-4,7-11,13H2,(H,23,24,28). The van der Waals surface area contributed by atoms with Crippen LogP contribution in [0.1, 0.15) is 44.9 Å². The zero-order valence-corrected chi connectivity index (χ0v) is 18.1. The van der Waals surface area contributed by atoms with E-state index in [0.717, 1.165) is 17.3 Å². The minimum Gasteiger partial charge on any atom is -0.342 e. The first-order chi connectivity index (χ1) is 14.0. The minimum absolute atomic E-state index is 0.0459. The van der Waals surface area contributed by atoms with Crippen LogP contribution in [0.3, 0.4) is 0 Å². The molecule has 0 radical (unpaired) electrons. The first-order valence-corrected chi connectivity index (χ1v) is 11.3. The van der Waals surface area contributed by atoms with Crippen molar-refractivity contribution in [3.05, 3.63) is 22.8 Å². The van der Waals surface area contributed by atoms with E-state index in [9.17, 15) is 14.4 Å². The Bertz CT molecular complexity index is 771. The van der Waals surface area contributed by atoms with Crippen molar-refractivity contribution in [2.45, 2.75) is 51.0 Å². The van der Waals surface area contributed by atoms with E-state index in [1.54, 1.807) is 12.3 Å². The topological polar surface area (TPSA) is 82.6 Å². The number of halogens is 1. The Morgan fingerprint density at radius 2 is 1.79 bits per heavy atom. The van der Waals surface area contributed by atoms with Gasteiger partial charge in [-0.2, -0.15) is 0 Å². The number of hydrogen-bond donors (Lipinski definition) is 1. The van der Waals surface area contributed by atoms with Crippen LogP contribution in [0.2, 0.25) is 0 Å². The number of piperidine rings is 1. The van der Waals surface area contributed by atoms with E-state index >= 15 is 0 Å². The Morgan fingerprint density at radius 3 is 2.45 bits per heavy atom. The molecule has 0 bridgehead atoms. The van der Waals surface area contributed by atoms with E-state index in [4.69, 9.17) is 0 Å². The van der Waals surface area contributed by atoms with Crippen LogP contribution in [0.25, 0.3) is 0 Å². The second kappa shape index (κ2) is 8.81. The molecule has 1 N–H and O–H groups in total. The fraction of sp³-hybridized carbons (Fsp3) is 0.619. The zero-order valence-electron chi connectivity index (χ0n) is 16.5. The molecule has 3 aliphatic rings. The lowest BCUT2D eigenvalue weighted by Crippen LogP contribution is -2.44. The monoisotopic (exact) mass is 462 g/mol. The summed E-state index contributed by atoms with van der Waals surface area (Å²) in [6, 6.07) is 3.93. The van der Waals surface area contributed by atoms with Crippen molar-refractivity contribution in [2.24, 2.45) is 11.8 Å². The lowest BCUT2D eigenvalue weighted by molar-refractivity contribution is -0.138. The molecule has 29 heavy (non-hydrogen) atoms. The molecule has 0 spiro atoms. The van der Waals surface area contributed by atoms with Gasteiger partial charge in [0.2, 0.25) is 17.7 Å². The van der Waals surface area contributed by atoms with Crippen LogP contribution < -0.4 is 5.32 Å². The molecule has 3 amide bonds. The van der Waals surface area contributed by atoms with E-state index in [0.29, 0.717) is 50.8 Å². The predicted octanol–water partition coefficient (Wildman–Crippen LogP) is 2.81. The molecule has 1 saturated carbocycles. The molecule has 1 aliphatic carbocycles. The molecule has 4 rings (SSSR count). The number of nitrogens with zero attached hydrogens (tertiary/aromatic N) is 3. The summed E-state index contributed by atoms with van der Waals surface area (Å²) in [7, 11) is 0. The smallest absolute Gasteiger partial charge is 0.228 e. The third-order valence-corrected chi connectivity index (χ3v) is 6.90. The number of rotatable bonds is 4. The number of aromatic nitrogens is 1. The van der Waals surface area contributed by atoms with E-state index in [1.165, 1.54) is 12.8 Å². The predicted molar refractivity (Wildman–Crippen MR) is 112 cm³/mol. The van der Waals surface area contributed by atoms with Gasteiger partial charge in [-0.3, -0.25) is 14.4 Å². The number of carbonyl (C=O) groups excluding carboxylic acids is 3. The summed E-state index contributed by atoms with van der Waals surface area (Å²) in [5.41, 5.74) is 0. The number of likely N-dealkylation sites (tertiary alicyclic amines) is 2. The van der Waals surface area contributed by atoms with Gasteiger partial charge in [0.15, 0.2) is 0 Å². The number of anilines is 1. The quantitative estimate of drug-likeness (QED) is 0.745. The summed E-state index contributed by atoms with van der Waals surface area (Å²) in [6.07, 6.45) is 7.76. The Morgan fingerprint density at radius 1 is 1.07 bits per heavy atom.